The van der Waals surface area contributed by atoms with Crippen molar-refractivity contribution in [3.05, 3.63) is 44.4 Å². The molecule has 7 heteroatoms. The molecule has 0 radical (unpaired) electrons. The van der Waals surface area contributed by atoms with Crippen LogP contribution in [0.5, 0.6) is 0 Å². The lowest BCUT2D eigenvalue weighted by atomic mass is 10.4. The normalized spacial score (nSPS) is 10.7. The molecular formula is C9H7Cl2N3O2. The summed E-state index contributed by atoms with van der Waals surface area (Å²) in [4.78, 5) is 15.4. The van der Waals surface area contributed by atoms with Gasteiger partial charge in [-0.3, -0.25) is 9.36 Å². The summed E-state index contributed by atoms with van der Waals surface area (Å²) < 4.78 is 6.28. The van der Waals surface area contributed by atoms with E-state index < -0.39 is 5.56 Å². The van der Waals surface area contributed by atoms with E-state index >= 15 is 0 Å². The van der Waals surface area contributed by atoms with E-state index in [0.717, 1.165) is 5.69 Å². The molecule has 0 N–H and O–H groups in total. The van der Waals surface area contributed by atoms with Crippen molar-refractivity contribution in [3.8, 4) is 0 Å². The monoisotopic (exact) mass is 259 g/mol. The van der Waals surface area contributed by atoms with Crippen molar-refractivity contribution in [1.82, 2.24) is 14.7 Å². The van der Waals surface area contributed by atoms with Crippen molar-refractivity contribution < 1.29 is 4.52 Å². The van der Waals surface area contributed by atoms with Crippen molar-refractivity contribution in [3.63, 3.8) is 0 Å². The zero-order valence-electron chi connectivity index (χ0n) is 8.28. The van der Waals surface area contributed by atoms with Gasteiger partial charge in [0.15, 0.2) is 10.9 Å². The van der Waals surface area contributed by atoms with Gasteiger partial charge in [0.1, 0.15) is 5.02 Å². The topological polar surface area (TPSA) is 60.9 Å². The molecule has 0 fully saturated rings. The Kier molecular flexibility index (Phi) is 2.98. The first kappa shape index (κ1) is 11.2. The van der Waals surface area contributed by atoms with Crippen LogP contribution < -0.4 is 5.56 Å². The molecule has 0 atom stereocenters. The van der Waals surface area contributed by atoms with Crippen molar-refractivity contribution in [2.75, 3.05) is 0 Å². The number of halogens is 2. The number of hydrogen-bond acceptors (Lipinski definition) is 4. The van der Waals surface area contributed by atoms with Crippen LogP contribution in [0.4, 0.5) is 0 Å². The molecule has 0 aromatic carbocycles. The second-order valence-electron chi connectivity index (χ2n) is 3.22. The maximum atomic E-state index is 11.6. The fraction of sp³-hybridized carbons (Fsp3) is 0.222. The Morgan fingerprint density at radius 2 is 2.25 bits per heavy atom. The average Bonchev–Trinajstić information content (AvgIpc) is 2.65. The Hall–Kier alpha value is -1.33. The van der Waals surface area contributed by atoms with Crippen LogP contribution >= 0.6 is 23.2 Å². The largest absolute Gasteiger partial charge is 0.359 e. The molecule has 0 spiro atoms. The van der Waals surface area contributed by atoms with Gasteiger partial charge >= 0.3 is 0 Å². The van der Waals surface area contributed by atoms with Crippen LogP contribution in [0, 0.1) is 6.92 Å². The van der Waals surface area contributed by atoms with Crippen LogP contribution in [0.3, 0.4) is 0 Å². The summed E-state index contributed by atoms with van der Waals surface area (Å²) in [5, 5.41) is 3.61. The minimum absolute atomic E-state index is 0.00309. The van der Waals surface area contributed by atoms with Crippen LogP contribution in [-0.4, -0.2) is 14.7 Å². The molecule has 0 saturated carbocycles. The zero-order valence-corrected chi connectivity index (χ0v) is 9.79. The highest BCUT2D eigenvalue weighted by Gasteiger charge is 2.09. The third-order valence-electron chi connectivity index (χ3n) is 1.94. The first-order valence-electron chi connectivity index (χ1n) is 4.40. The van der Waals surface area contributed by atoms with Gasteiger partial charge in [0, 0.05) is 6.07 Å². The molecule has 0 aliphatic rings. The molecule has 0 aliphatic heterocycles. The Morgan fingerprint density at radius 1 is 1.50 bits per heavy atom. The minimum atomic E-state index is -0.407. The van der Waals surface area contributed by atoms with E-state index in [0.29, 0.717) is 5.76 Å². The third kappa shape index (κ3) is 2.10. The highest BCUT2D eigenvalue weighted by Crippen LogP contribution is 2.13. The molecule has 0 aliphatic carbocycles. The first-order valence-corrected chi connectivity index (χ1v) is 5.16. The van der Waals surface area contributed by atoms with E-state index in [1.54, 1.807) is 13.0 Å². The summed E-state index contributed by atoms with van der Waals surface area (Å²) >= 11 is 11.3. The molecule has 0 amide bonds. The SMILES string of the molecule is Cc1cc(Cn2cnc(Cl)c(Cl)c2=O)on1. The van der Waals surface area contributed by atoms with Crippen LogP contribution in [0.25, 0.3) is 0 Å². The van der Waals surface area contributed by atoms with Crippen molar-refractivity contribution in [2.45, 2.75) is 13.5 Å². The number of aryl methyl sites for hydroxylation is 1. The van der Waals surface area contributed by atoms with E-state index in [4.69, 9.17) is 27.7 Å². The molecule has 2 aromatic rings. The second kappa shape index (κ2) is 4.27. The van der Waals surface area contributed by atoms with Crippen LogP contribution in [0.2, 0.25) is 10.2 Å². The Labute approximate surface area is 101 Å². The summed E-state index contributed by atoms with van der Waals surface area (Å²) in [6, 6.07) is 1.73. The van der Waals surface area contributed by atoms with Crippen LogP contribution in [-0.2, 0) is 6.54 Å². The Bertz CT molecular complexity index is 576. The molecule has 16 heavy (non-hydrogen) atoms. The van der Waals surface area contributed by atoms with Crippen molar-refractivity contribution >= 4 is 23.2 Å². The molecule has 0 bridgehead atoms. The molecule has 84 valence electrons. The molecular weight excluding hydrogens is 253 g/mol. The lowest BCUT2D eigenvalue weighted by Crippen LogP contribution is -2.21. The Morgan fingerprint density at radius 3 is 2.88 bits per heavy atom. The third-order valence-corrected chi connectivity index (χ3v) is 2.67. The fourth-order valence-electron chi connectivity index (χ4n) is 1.22. The standard InChI is InChI=1S/C9H7Cl2N3O2/c1-5-2-6(16-13-5)3-14-4-12-8(11)7(10)9(14)15/h2,4H,3H2,1H3. The zero-order chi connectivity index (χ0) is 11.7. The summed E-state index contributed by atoms with van der Waals surface area (Å²) in [6.45, 7) is 2.02. The number of rotatable bonds is 2. The summed E-state index contributed by atoms with van der Waals surface area (Å²) in [5.74, 6) is 0.555. The summed E-state index contributed by atoms with van der Waals surface area (Å²) in [5.41, 5.74) is 0.340. The second-order valence-corrected chi connectivity index (χ2v) is 3.95. The molecule has 2 heterocycles. The van der Waals surface area contributed by atoms with Gasteiger partial charge in [-0.1, -0.05) is 28.4 Å². The predicted octanol–water partition coefficient (Wildman–Crippen LogP) is 1.89. The first-order chi connectivity index (χ1) is 7.58. The van der Waals surface area contributed by atoms with Gasteiger partial charge in [-0.15, -0.1) is 0 Å². The summed E-state index contributed by atoms with van der Waals surface area (Å²) in [7, 11) is 0. The van der Waals surface area contributed by atoms with Crippen LogP contribution in [0.15, 0.2) is 21.7 Å². The van der Waals surface area contributed by atoms with Gasteiger partial charge in [-0.05, 0) is 6.92 Å². The molecule has 5 nitrogen and oxygen atoms in total. The predicted molar refractivity (Wildman–Crippen MR) is 58.9 cm³/mol. The van der Waals surface area contributed by atoms with Crippen molar-refractivity contribution in [1.29, 1.82) is 0 Å². The molecule has 2 rings (SSSR count). The minimum Gasteiger partial charge on any atom is -0.359 e. The molecule has 0 unspecified atom stereocenters. The maximum Gasteiger partial charge on any atom is 0.274 e. The number of nitrogens with zero attached hydrogens (tertiary/aromatic N) is 3. The van der Waals surface area contributed by atoms with E-state index in [-0.39, 0.29) is 16.7 Å². The lowest BCUT2D eigenvalue weighted by Gasteiger charge is -2.02. The smallest absolute Gasteiger partial charge is 0.274 e. The van der Waals surface area contributed by atoms with E-state index in [1.165, 1.54) is 10.9 Å². The highest BCUT2D eigenvalue weighted by atomic mass is 35.5. The maximum absolute atomic E-state index is 11.6. The van der Waals surface area contributed by atoms with Crippen molar-refractivity contribution in [2.24, 2.45) is 0 Å². The van der Waals surface area contributed by atoms with Crippen LogP contribution in [0.1, 0.15) is 11.5 Å². The average molecular weight is 260 g/mol. The van der Waals surface area contributed by atoms with Gasteiger partial charge in [-0.2, -0.15) is 0 Å². The molecule has 0 saturated heterocycles. The quantitative estimate of drug-likeness (QED) is 0.773. The Balaban J connectivity index is 2.36. The van der Waals surface area contributed by atoms with E-state index in [9.17, 15) is 4.79 Å². The van der Waals surface area contributed by atoms with Gasteiger partial charge in [0.05, 0.1) is 18.6 Å². The van der Waals surface area contributed by atoms with E-state index in [2.05, 4.69) is 10.1 Å². The van der Waals surface area contributed by atoms with E-state index in [1.807, 2.05) is 0 Å². The van der Waals surface area contributed by atoms with Gasteiger partial charge in [0.2, 0.25) is 0 Å². The number of hydrogen-bond donors (Lipinski definition) is 0. The lowest BCUT2D eigenvalue weighted by molar-refractivity contribution is 0.371. The van der Waals surface area contributed by atoms with Gasteiger partial charge < -0.3 is 4.52 Å². The summed E-state index contributed by atoms with van der Waals surface area (Å²) in [6.07, 6.45) is 1.31. The highest BCUT2D eigenvalue weighted by molar-refractivity contribution is 6.40. The van der Waals surface area contributed by atoms with Gasteiger partial charge in [0.25, 0.3) is 5.56 Å². The van der Waals surface area contributed by atoms with Gasteiger partial charge in [-0.25, -0.2) is 4.98 Å². The fourth-order valence-corrected chi connectivity index (χ4v) is 1.50. The molecule has 2 aromatic heterocycles. The number of aromatic nitrogens is 3.